The fourth-order valence-electron chi connectivity index (χ4n) is 20.6. The molecule has 9 heterocycles. The van der Waals surface area contributed by atoms with Crippen LogP contribution in [0.15, 0.2) is 491 Å². The highest BCUT2D eigenvalue weighted by Crippen LogP contribution is 2.46. The quantitative estimate of drug-likeness (QED) is 0.104. The Balaban J connectivity index is 0.000000109. The number of para-hydroxylation sites is 5. The first-order valence-corrected chi connectivity index (χ1v) is 49.8. The maximum atomic E-state index is 5.10. The third-order valence-corrected chi connectivity index (χ3v) is 29.7. The molecule has 0 radical (unpaired) electrons. The maximum absolute atomic E-state index is 5.10. The zero-order chi connectivity index (χ0) is 95.1. The second kappa shape index (κ2) is 35.8. The van der Waals surface area contributed by atoms with Crippen LogP contribution in [-0.2, 0) is 0 Å². The third kappa shape index (κ3) is 15.1. The van der Waals surface area contributed by atoms with Crippen molar-refractivity contribution >= 4 is 150 Å². The molecule has 0 saturated carbocycles. The number of hydrogen-bond donors (Lipinski definition) is 0. The van der Waals surface area contributed by atoms with E-state index in [0.717, 1.165) is 105 Å². The largest absolute Gasteiger partial charge is 0.309 e. The van der Waals surface area contributed by atoms with Gasteiger partial charge in [0, 0.05) is 134 Å². The Labute approximate surface area is 834 Å². The van der Waals surface area contributed by atoms with Crippen LogP contribution in [0.5, 0.6) is 0 Å². The van der Waals surface area contributed by atoms with Crippen LogP contribution in [0, 0.1) is 0 Å². The number of benzene rings is 20. The summed E-state index contributed by atoms with van der Waals surface area (Å²) < 4.78 is 14.3. The van der Waals surface area contributed by atoms with Gasteiger partial charge in [-0.05, 0) is 149 Å². The van der Waals surface area contributed by atoms with E-state index in [9.17, 15) is 0 Å². The topological polar surface area (TPSA) is 136 Å². The maximum Gasteiger partial charge on any atom is 0.238 e. The van der Waals surface area contributed by atoms with Crippen LogP contribution >= 0.6 is 22.7 Å². The average molecular weight is 1880 g/mol. The number of fused-ring (bicyclic) bond motifs is 18. The van der Waals surface area contributed by atoms with Gasteiger partial charge in [-0.1, -0.05) is 376 Å². The predicted molar refractivity (Wildman–Crippen MR) is 597 cm³/mol. The molecular weight excluding hydrogens is 1800 g/mol. The van der Waals surface area contributed by atoms with E-state index in [-0.39, 0.29) is 0 Å². The fourth-order valence-corrected chi connectivity index (χ4v) is 22.9. The van der Waals surface area contributed by atoms with Gasteiger partial charge in [-0.3, -0.25) is 9.13 Å². The van der Waals surface area contributed by atoms with Gasteiger partial charge in [-0.25, -0.2) is 24.9 Å². The summed E-state index contributed by atoms with van der Waals surface area (Å²) in [6.45, 7) is 0. The predicted octanol–water partition coefficient (Wildman–Crippen LogP) is 33.4. The van der Waals surface area contributed by atoms with Gasteiger partial charge in [0.05, 0.1) is 44.1 Å². The summed E-state index contributed by atoms with van der Waals surface area (Å²) in [4.78, 5) is 45.1. The van der Waals surface area contributed by atoms with Gasteiger partial charge in [0.1, 0.15) is 0 Å². The molecule has 0 saturated heterocycles. The highest BCUT2D eigenvalue weighted by Gasteiger charge is 2.26. The van der Waals surface area contributed by atoms with E-state index in [4.69, 9.17) is 44.9 Å². The average Bonchev–Trinajstić information content (AvgIpc) is 1.58. The van der Waals surface area contributed by atoms with Crippen molar-refractivity contribution in [3.05, 3.63) is 491 Å². The summed E-state index contributed by atoms with van der Waals surface area (Å²) in [5.41, 5.74) is 24.9. The Kier molecular flexibility index (Phi) is 21.0. The summed E-state index contributed by atoms with van der Waals surface area (Å²) in [6.07, 6.45) is 0. The number of aromatic nitrogens is 13. The van der Waals surface area contributed by atoms with E-state index >= 15 is 0 Å². The van der Waals surface area contributed by atoms with Crippen molar-refractivity contribution in [3.63, 3.8) is 0 Å². The summed E-state index contributed by atoms with van der Waals surface area (Å²) in [6, 6.07) is 172. The lowest BCUT2D eigenvalue weighted by molar-refractivity contribution is 0.953. The van der Waals surface area contributed by atoms with Gasteiger partial charge in [-0.15, -0.1) is 22.7 Å². The molecule has 0 fully saturated rings. The first kappa shape index (κ1) is 84.4. The highest BCUT2D eigenvalue weighted by atomic mass is 32.1. The second-order valence-electron chi connectivity index (χ2n) is 35.9. The number of thiophene rings is 2. The lowest BCUT2D eigenvalue weighted by Gasteiger charge is -2.12. The molecule has 0 spiro atoms. The molecule has 0 aliphatic heterocycles. The minimum absolute atomic E-state index is 0.598. The Morgan fingerprint density at radius 2 is 0.417 bits per heavy atom. The van der Waals surface area contributed by atoms with E-state index < -0.39 is 0 Å². The summed E-state index contributed by atoms with van der Waals surface area (Å²) in [5, 5.41) is 14.8. The molecule has 0 aliphatic carbocycles. The molecule has 0 atom stereocenters. The van der Waals surface area contributed by atoms with Crippen LogP contribution in [0.4, 0.5) is 0 Å². The van der Waals surface area contributed by atoms with E-state index in [1.54, 1.807) is 0 Å². The first-order chi connectivity index (χ1) is 71.4. The van der Waals surface area contributed by atoms with E-state index in [0.29, 0.717) is 52.7 Å². The van der Waals surface area contributed by atoms with Gasteiger partial charge in [-0.2, -0.15) is 19.9 Å². The van der Waals surface area contributed by atoms with E-state index in [1.807, 2.05) is 205 Å². The summed E-state index contributed by atoms with van der Waals surface area (Å²) in [5.74, 6) is 5.70. The molecule has 0 aliphatic rings. The lowest BCUT2D eigenvalue weighted by Crippen LogP contribution is -2.06. The number of rotatable bonds is 14. The van der Waals surface area contributed by atoms with Gasteiger partial charge in [0.25, 0.3) is 0 Å². The van der Waals surface area contributed by atoms with E-state index in [1.165, 1.54) is 106 Å². The third-order valence-electron chi connectivity index (χ3n) is 27.3. The van der Waals surface area contributed by atoms with E-state index in [2.05, 4.69) is 328 Å². The Bertz CT molecular complexity index is 9870. The zero-order valence-electron chi connectivity index (χ0n) is 77.4. The van der Waals surface area contributed by atoms with Crippen LogP contribution in [0.3, 0.4) is 0 Å². The highest BCUT2D eigenvalue weighted by molar-refractivity contribution is 7.26. The second-order valence-corrected chi connectivity index (χ2v) is 38.0. The van der Waals surface area contributed by atoms with Crippen molar-refractivity contribution in [3.8, 4) is 136 Å². The standard InChI is InChI=1S/C51H33N5.2C39H24N4S/c1-4-15-34(16-5-1)49-52-50(35-17-6-2-7-18-35)54-51(53-49)38-19-14-22-40(31-38)56-46-26-13-11-24-42(46)44-33-37(28-30-48(44)56)36-27-29-47-43(32-36)41-23-10-12-25-45(41)55(47)39-20-8-3-9-21-39;1-3-12-25(13-4-1)37-40-38(26-14-5-2-6-15-26)42-39(41-37)43-33-20-9-7-16-29(33)30-23-22-27(24-34(30)43)28-18-11-19-32-31-17-8-10-21-35(31)44-36(28)32;1-3-11-25(12-4-1)37-40-38(26-13-5-2-6-14-26)42-39(41-37)43-33-17-9-7-15-29(33)31-23-27(19-21-34(31)43)28-20-22-36-32(24-28)30-16-8-10-18-35(30)44-36/h1-33H;2*1-24H. The Hall–Kier alpha value is -18.9. The molecule has 0 bridgehead atoms. The molecule has 15 heteroatoms. The minimum atomic E-state index is 0.598. The van der Waals surface area contributed by atoms with Crippen molar-refractivity contribution in [2.75, 3.05) is 0 Å². The Morgan fingerprint density at radius 1 is 0.139 bits per heavy atom. The minimum Gasteiger partial charge on any atom is -0.309 e. The van der Waals surface area contributed by atoms with Crippen molar-refractivity contribution in [2.24, 2.45) is 0 Å². The molecule has 0 amide bonds. The molecule has 674 valence electrons. The SMILES string of the molecule is c1ccc(-c2nc(-c3ccccc3)nc(-c3cccc(-n4c5ccccc5c5cc(-c6ccc7c(c6)c6ccccc6n7-c6ccccc6)ccc54)c3)n2)cc1.c1ccc(-c2nc(-c3ccccc3)nc(-n3c4ccccc4c4cc(-c5ccc6sc7ccccc7c6c5)ccc43)n2)cc1.c1ccc(-c2nc(-c3ccccc3)nc(-n3c4ccccc4c4ccc(-c5cccc6c5sc5ccccc56)cc43)n2)cc1. The molecular formula is C129H81N13S2. The molecule has 0 unspecified atom stereocenters. The zero-order valence-corrected chi connectivity index (χ0v) is 79.0. The van der Waals surface area contributed by atoms with Crippen LogP contribution in [-0.4, -0.2) is 63.1 Å². The molecule has 0 N–H and O–H groups in total. The monoisotopic (exact) mass is 1880 g/mol. The van der Waals surface area contributed by atoms with Crippen molar-refractivity contribution in [2.45, 2.75) is 0 Å². The number of hydrogen-bond acceptors (Lipinski definition) is 11. The summed E-state index contributed by atoms with van der Waals surface area (Å²) in [7, 11) is 0. The molecule has 144 heavy (non-hydrogen) atoms. The lowest BCUT2D eigenvalue weighted by atomic mass is 10.0. The van der Waals surface area contributed by atoms with Crippen molar-refractivity contribution < 1.29 is 0 Å². The molecule has 20 aromatic carbocycles. The Morgan fingerprint density at radius 3 is 0.861 bits per heavy atom. The van der Waals surface area contributed by atoms with Gasteiger partial charge in [0.15, 0.2) is 40.8 Å². The molecule has 29 rings (SSSR count). The molecule has 9 aromatic heterocycles. The molecule has 29 aromatic rings. The summed E-state index contributed by atoms with van der Waals surface area (Å²) >= 11 is 3.70. The van der Waals surface area contributed by atoms with Crippen molar-refractivity contribution in [1.82, 2.24) is 63.1 Å². The van der Waals surface area contributed by atoms with Crippen LogP contribution < -0.4 is 0 Å². The number of nitrogens with zero attached hydrogens (tertiary/aromatic N) is 13. The van der Waals surface area contributed by atoms with Crippen LogP contribution in [0.1, 0.15) is 0 Å². The van der Waals surface area contributed by atoms with Gasteiger partial charge in [0.2, 0.25) is 11.9 Å². The normalized spacial score (nSPS) is 11.6. The van der Waals surface area contributed by atoms with Gasteiger partial charge >= 0.3 is 0 Å². The fraction of sp³-hybridized carbons (Fsp3) is 0. The van der Waals surface area contributed by atoms with Gasteiger partial charge < -0.3 is 9.13 Å². The molecule has 13 nitrogen and oxygen atoms in total. The smallest absolute Gasteiger partial charge is 0.238 e. The van der Waals surface area contributed by atoms with Crippen molar-refractivity contribution in [1.29, 1.82) is 0 Å². The van der Waals surface area contributed by atoms with Crippen LogP contribution in [0.2, 0.25) is 0 Å². The van der Waals surface area contributed by atoms with Crippen LogP contribution in [0.25, 0.3) is 264 Å². The first-order valence-electron chi connectivity index (χ1n) is 48.1.